The Hall–Kier alpha value is -3.74. The van der Waals surface area contributed by atoms with E-state index in [-0.39, 0.29) is 23.7 Å². The van der Waals surface area contributed by atoms with E-state index in [1.807, 2.05) is 0 Å². The zero-order chi connectivity index (χ0) is 21.0. The van der Waals surface area contributed by atoms with Gasteiger partial charge < -0.3 is 19.5 Å². The second-order valence-corrected chi connectivity index (χ2v) is 6.18. The lowest BCUT2D eigenvalue weighted by molar-refractivity contribution is -0.136. The molecule has 1 heterocycles. The van der Waals surface area contributed by atoms with E-state index in [0.29, 0.717) is 28.5 Å². The van der Waals surface area contributed by atoms with Crippen LogP contribution in [0.1, 0.15) is 5.56 Å². The molecule has 7 heteroatoms. The molecule has 3 rings (SSSR count). The minimum atomic E-state index is -0.421. The smallest absolute Gasteiger partial charge is 0.278 e. The summed E-state index contributed by atoms with van der Waals surface area (Å²) in [6, 6.07) is 12.1. The summed E-state index contributed by atoms with van der Waals surface area (Å²) < 4.78 is 15.7. The van der Waals surface area contributed by atoms with Crippen LogP contribution < -0.4 is 19.5 Å². The molecule has 2 aromatic carbocycles. The van der Waals surface area contributed by atoms with Gasteiger partial charge >= 0.3 is 0 Å². The second kappa shape index (κ2) is 8.52. The van der Waals surface area contributed by atoms with E-state index in [4.69, 9.17) is 14.2 Å². The van der Waals surface area contributed by atoms with Gasteiger partial charge in [-0.25, -0.2) is 0 Å². The third-order valence-electron chi connectivity index (χ3n) is 4.51. The monoisotopic (exact) mass is 394 g/mol. The number of nitrogens with one attached hydrogen (secondary N) is 1. The maximum Gasteiger partial charge on any atom is 0.278 e. The quantitative estimate of drug-likeness (QED) is 0.548. The van der Waals surface area contributed by atoms with Crippen LogP contribution >= 0.6 is 0 Å². The molecule has 2 aromatic rings. The van der Waals surface area contributed by atoms with Crippen molar-refractivity contribution in [1.82, 2.24) is 4.90 Å². The molecule has 1 N–H and O–H groups in total. The first-order chi connectivity index (χ1) is 14.0. The van der Waals surface area contributed by atoms with Crippen molar-refractivity contribution in [3.8, 4) is 17.2 Å². The van der Waals surface area contributed by atoms with Crippen molar-refractivity contribution < 1.29 is 23.8 Å². The molecule has 0 aliphatic carbocycles. The predicted molar refractivity (Wildman–Crippen MR) is 110 cm³/mol. The Kier molecular flexibility index (Phi) is 5.87. The molecule has 0 unspecified atom stereocenters. The van der Waals surface area contributed by atoms with Crippen molar-refractivity contribution in [2.75, 3.05) is 33.2 Å². The lowest BCUT2D eigenvalue weighted by Gasteiger charge is -2.13. The highest BCUT2D eigenvalue weighted by Crippen LogP contribution is 2.34. The van der Waals surface area contributed by atoms with Gasteiger partial charge in [-0.05, 0) is 29.8 Å². The SMILES string of the molecule is C=CCN1C(=O)C(Nc2ccc(OC)c(OC)c2)=C(c2ccc(OC)cc2)C1=O. The van der Waals surface area contributed by atoms with E-state index in [2.05, 4.69) is 11.9 Å². The molecule has 29 heavy (non-hydrogen) atoms. The molecule has 0 saturated carbocycles. The van der Waals surface area contributed by atoms with Crippen LogP contribution in [0.25, 0.3) is 5.57 Å². The highest BCUT2D eigenvalue weighted by Gasteiger charge is 2.38. The van der Waals surface area contributed by atoms with E-state index in [1.54, 1.807) is 56.7 Å². The summed E-state index contributed by atoms with van der Waals surface area (Å²) in [6.07, 6.45) is 1.51. The number of carbonyl (C=O) groups excluding carboxylic acids is 2. The largest absolute Gasteiger partial charge is 0.497 e. The topological polar surface area (TPSA) is 77.1 Å². The van der Waals surface area contributed by atoms with Crippen LogP contribution in [-0.2, 0) is 9.59 Å². The lowest BCUT2D eigenvalue weighted by atomic mass is 10.0. The van der Waals surface area contributed by atoms with Crippen LogP contribution in [0.4, 0.5) is 5.69 Å². The minimum absolute atomic E-state index is 0.119. The minimum Gasteiger partial charge on any atom is -0.497 e. The van der Waals surface area contributed by atoms with E-state index < -0.39 is 5.91 Å². The van der Waals surface area contributed by atoms with Crippen molar-refractivity contribution in [3.63, 3.8) is 0 Å². The molecular formula is C22H22N2O5. The number of carbonyl (C=O) groups is 2. The first-order valence-corrected chi connectivity index (χ1v) is 8.88. The van der Waals surface area contributed by atoms with Gasteiger partial charge in [0.2, 0.25) is 0 Å². The molecule has 0 fully saturated rings. The number of hydrogen-bond acceptors (Lipinski definition) is 6. The third kappa shape index (κ3) is 3.80. The van der Waals surface area contributed by atoms with Gasteiger partial charge in [0.15, 0.2) is 11.5 Å². The van der Waals surface area contributed by atoms with Crippen molar-refractivity contribution in [1.29, 1.82) is 0 Å². The van der Waals surface area contributed by atoms with Crippen molar-refractivity contribution in [2.24, 2.45) is 0 Å². The molecule has 0 radical (unpaired) electrons. The number of hydrogen-bond donors (Lipinski definition) is 1. The Morgan fingerprint density at radius 3 is 2.21 bits per heavy atom. The van der Waals surface area contributed by atoms with Gasteiger partial charge in [-0.1, -0.05) is 18.2 Å². The average molecular weight is 394 g/mol. The van der Waals surface area contributed by atoms with E-state index in [9.17, 15) is 9.59 Å². The Morgan fingerprint density at radius 2 is 1.62 bits per heavy atom. The summed E-state index contributed by atoms with van der Waals surface area (Å²) in [5, 5.41) is 3.08. The maximum absolute atomic E-state index is 13.0. The Balaban J connectivity index is 2.06. The molecule has 2 amide bonds. The Labute approximate surface area is 169 Å². The summed E-state index contributed by atoms with van der Waals surface area (Å²) in [4.78, 5) is 27.1. The number of amides is 2. The maximum atomic E-state index is 13.0. The Bertz CT molecular complexity index is 979. The summed E-state index contributed by atoms with van der Waals surface area (Å²) >= 11 is 0. The zero-order valence-electron chi connectivity index (χ0n) is 16.5. The summed E-state index contributed by atoms with van der Waals surface area (Å²) in [5.41, 5.74) is 1.67. The molecule has 7 nitrogen and oxygen atoms in total. The van der Waals surface area contributed by atoms with Gasteiger partial charge in [0, 0.05) is 18.3 Å². The van der Waals surface area contributed by atoms with Crippen LogP contribution in [0.2, 0.25) is 0 Å². The fraction of sp³-hybridized carbons (Fsp3) is 0.182. The number of benzene rings is 2. The predicted octanol–water partition coefficient (Wildman–Crippen LogP) is 3.09. The molecule has 0 saturated heterocycles. The standard InChI is InChI=1S/C22H22N2O5/c1-5-12-24-21(25)19(14-6-9-16(27-2)10-7-14)20(22(24)26)23-15-8-11-17(28-3)18(13-15)29-4/h5-11,13,23H,1,12H2,2-4H3. The zero-order valence-corrected chi connectivity index (χ0v) is 16.5. The van der Waals surface area contributed by atoms with Crippen LogP contribution in [0.15, 0.2) is 60.8 Å². The van der Waals surface area contributed by atoms with Crippen LogP contribution in [0.5, 0.6) is 17.2 Å². The van der Waals surface area contributed by atoms with E-state index in [1.165, 1.54) is 13.2 Å². The van der Waals surface area contributed by atoms with Gasteiger partial charge in [0.25, 0.3) is 11.8 Å². The van der Waals surface area contributed by atoms with Gasteiger partial charge in [-0.3, -0.25) is 14.5 Å². The molecule has 1 aliphatic rings. The normalized spacial score (nSPS) is 13.6. The summed E-state index contributed by atoms with van der Waals surface area (Å²) in [6.45, 7) is 3.75. The number of rotatable bonds is 8. The molecule has 0 bridgehead atoms. The molecule has 0 aromatic heterocycles. The van der Waals surface area contributed by atoms with Crippen LogP contribution in [0, 0.1) is 0 Å². The molecule has 1 aliphatic heterocycles. The number of nitrogens with zero attached hydrogens (tertiary/aromatic N) is 1. The van der Waals surface area contributed by atoms with E-state index >= 15 is 0 Å². The molecule has 150 valence electrons. The van der Waals surface area contributed by atoms with Gasteiger partial charge in [0.05, 0.1) is 26.9 Å². The molecule has 0 atom stereocenters. The first-order valence-electron chi connectivity index (χ1n) is 8.88. The highest BCUT2D eigenvalue weighted by molar-refractivity contribution is 6.36. The molecule has 0 spiro atoms. The van der Waals surface area contributed by atoms with Crippen molar-refractivity contribution >= 4 is 23.1 Å². The fourth-order valence-corrected chi connectivity index (χ4v) is 3.07. The third-order valence-corrected chi connectivity index (χ3v) is 4.51. The number of imide groups is 1. The van der Waals surface area contributed by atoms with Crippen LogP contribution in [0.3, 0.4) is 0 Å². The average Bonchev–Trinajstić information content (AvgIpc) is 2.98. The Morgan fingerprint density at radius 1 is 0.931 bits per heavy atom. The number of methoxy groups -OCH3 is 3. The van der Waals surface area contributed by atoms with Crippen LogP contribution in [-0.4, -0.2) is 44.6 Å². The fourth-order valence-electron chi connectivity index (χ4n) is 3.07. The highest BCUT2D eigenvalue weighted by atomic mass is 16.5. The van der Waals surface area contributed by atoms with E-state index in [0.717, 1.165) is 4.90 Å². The van der Waals surface area contributed by atoms with Crippen molar-refractivity contribution in [3.05, 3.63) is 66.4 Å². The van der Waals surface area contributed by atoms with Gasteiger partial charge in [0.1, 0.15) is 11.4 Å². The first kappa shape index (κ1) is 20.0. The summed E-state index contributed by atoms with van der Waals surface area (Å²) in [7, 11) is 4.63. The van der Waals surface area contributed by atoms with Gasteiger partial charge in [-0.15, -0.1) is 6.58 Å². The number of ether oxygens (including phenoxy) is 3. The summed E-state index contributed by atoms with van der Waals surface area (Å²) in [5.74, 6) is 0.912. The lowest BCUT2D eigenvalue weighted by Crippen LogP contribution is -2.32. The van der Waals surface area contributed by atoms with Crippen molar-refractivity contribution in [2.45, 2.75) is 0 Å². The second-order valence-electron chi connectivity index (χ2n) is 6.18. The number of anilines is 1. The van der Waals surface area contributed by atoms with Gasteiger partial charge in [-0.2, -0.15) is 0 Å². The molecular weight excluding hydrogens is 372 g/mol.